The molecular weight excluding hydrogens is 180 g/mol. The molecule has 1 fully saturated rings. The monoisotopic (exact) mass is 190 g/mol. The molecule has 0 spiro atoms. The zero-order chi connectivity index (χ0) is 10.1. The van der Waals surface area contributed by atoms with Crippen molar-refractivity contribution in [2.45, 2.75) is 13.3 Å². The normalized spacial score (nSPS) is 21.8. The van der Waals surface area contributed by atoms with Crippen LogP contribution in [0, 0.1) is 5.92 Å². The summed E-state index contributed by atoms with van der Waals surface area (Å²) in [7, 11) is 0. The van der Waals surface area contributed by atoms with Gasteiger partial charge in [-0.25, -0.2) is 0 Å². The van der Waals surface area contributed by atoms with E-state index in [-0.39, 0.29) is 17.7 Å². The van der Waals surface area contributed by atoms with Crippen LogP contribution in [0.5, 0.6) is 0 Å². The molecule has 2 rings (SSSR count). The van der Waals surface area contributed by atoms with E-state index >= 15 is 0 Å². The third-order valence-corrected chi connectivity index (χ3v) is 2.29. The summed E-state index contributed by atoms with van der Waals surface area (Å²) in [5.41, 5.74) is 0.611. The van der Waals surface area contributed by atoms with Crippen molar-refractivity contribution in [1.82, 2.24) is 4.98 Å². The average molecular weight is 190 g/mol. The Hall–Kier alpha value is -1.71. The number of hydrogen-bond acceptors (Lipinski definition) is 3. The highest BCUT2D eigenvalue weighted by molar-refractivity contribution is 6.20. The van der Waals surface area contributed by atoms with Gasteiger partial charge in [0.15, 0.2) is 0 Å². The topological polar surface area (TPSA) is 50.3 Å². The minimum absolute atomic E-state index is 0.124. The Balaban J connectivity index is 2.36. The van der Waals surface area contributed by atoms with Crippen molar-refractivity contribution in [3.63, 3.8) is 0 Å². The summed E-state index contributed by atoms with van der Waals surface area (Å²) in [6, 6.07) is 3.32. The predicted octanol–water partition coefficient (Wildman–Crippen LogP) is 0.981. The number of rotatable bonds is 1. The zero-order valence-corrected chi connectivity index (χ0v) is 7.80. The quantitative estimate of drug-likeness (QED) is 0.620. The first-order valence-electron chi connectivity index (χ1n) is 4.47. The minimum Gasteiger partial charge on any atom is -0.274 e. The number of anilines is 1. The van der Waals surface area contributed by atoms with Crippen molar-refractivity contribution in [1.29, 1.82) is 0 Å². The van der Waals surface area contributed by atoms with Crippen molar-refractivity contribution in [3.05, 3.63) is 24.5 Å². The Morgan fingerprint density at radius 3 is 2.50 bits per heavy atom. The summed E-state index contributed by atoms with van der Waals surface area (Å²) in [6.07, 6.45) is 3.44. The van der Waals surface area contributed by atoms with Gasteiger partial charge in [-0.1, -0.05) is 6.92 Å². The van der Waals surface area contributed by atoms with E-state index in [0.29, 0.717) is 12.1 Å². The fourth-order valence-electron chi connectivity index (χ4n) is 1.55. The Kier molecular flexibility index (Phi) is 2.04. The molecule has 1 aliphatic rings. The predicted molar refractivity (Wildman–Crippen MR) is 50.5 cm³/mol. The SMILES string of the molecule is CC1CC(=O)N(c2ccncc2)C1=O. The highest BCUT2D eigenvalue weighted by Crippen LogP contribution is 2.24. The maximum atomic E-state index is 11.6. The number of imide groups is 1. The van der Waals surface area contributed by atoms with E-state index in [1.165, 1.54) is 4.90 Å². The zero-order valence-electron chi connectivity index (χ0n) is 7.80. The summed E-state index contributed by atoms with van der Waals surface area (Å²) >= 11 is 0. The van der Waals surface area contributed by atoms with E-state index in [1.54, 1.807) is 31.5 Å². The fourth-order valence-corrected chi connectivity index (χ4v) is 1.55. The van der Waals surface area contributed by atoms with Gasteiger partial charge >= 0.3 is 0 Å². The molecule has 0 saturated carbocycles. The lowest BCUT2D eigenvalue weighted by Gasteiger charge is -2.13. The summed E-state index contributed by atoms with van der Waals surface area (Å²) in [6.45, 7) is 1.77. The van der Waals surface area contributed by atoms with E-state index in [2.05, 4.69) is 4.98 Å². The largest absolute Gasteiger partial charge is 0.274 e. The van der Waals surface area contributed by atoms with Crippen LogP contribution in [-0.2, 0) is 9.59 Å². The van der Waals surface area contributed by atoms with E-state index in [0.717, 1.165) is 0 Å². The molecule has 1 aromatic heterocycles. The number of aromatic nitrogens is 1. The van der Waals surface area contributed by atoms with E-state index in [9.17, 15) is 9.59 Å². The van der Waals surface area contributed by atoms with Crippen molar-refractivity contribution < 1.29 is 9.59 Å². The third-order valence-electron chi connectivity index (χ3n) is 2.29. The van der Waals surface area contributed by atoms with Crippen LogP contribution in [0.1, 0.15) is 13.3 Å². The second-order valence-corrected chi connectivity index (χ2v) is 3.38. The smallest absolute Gasteiger partial charge is 0.237 e. The fraction of sp³-hybridized carbons (Fsp3) is 0.300. The molecule has 2 heterocycles. The molecule has 1 atom stereocenters. The van der Waals surface area contributed by atoms with Gasteiger partial charge in [-0.2, -0.15) is 0 Å². The summed E-state index contributed by atoms with van der Waals surface area (Å²) in [5.74, 6) is -0.453. The van der Waals surface area contributed by atoms with Gasteiger partial charge < -0.3 is 0 Å². The van der Waals surface area contributed by atoms with Crippen LogP contribution in [0.4, 0.5) is 5.69 Å². The first kappa shape index (κ1) is 8.87. The number of carbonyl (C=O) groups is 2. The maximum absolute atomic E-state index is 11.6. The number of nitrogens with zero attached hydrogens (tertiary/aromatic N) is 2. The van der Waals surface area contributed by atoms with Gasteiger partial charge in [-0.3, -0.25) is 19.5 Å². The Bertz CT molecular complexity index is 375. The standard InChI is InChI=1S/C10H10N2O2/c1-7-6-9(13)12(10(7)14)8-2-4-11-5-3-8/h2-5,7H,6H2,1H3. The molecule has 1 unspecified atom stereocenters. The van der Waals surface area contributed by atoms with Crippen molar-refractivity contribution in [2.75, 3.05) is 4.90 Å². The van der Waals surface area contributed by atoms with Gasteiger partial charge in [0.05, 0.1) is 5.69 Å². The van der Waals surface area contributed by atoms with Gasteiger partial charge in [-0.05, 0) is 12.1 Å². The van der Waals surface area contributed by atoms with Gasteiger partial charge in [0.25, 0.3) is 0 Å². The second kappa shape index (κ2) is 3.21. The molecule has 72 valence electrons. The molecule has 0 aromatic carbocycles. The van der Waals surface area contributed by atoms with E-state index in [1.807, 2.05) is 0 Å². The van der Waals surface area contributed by atoms with Crippen LogP contribution in [-0.4, -0.2) is 16.8 Å². The lowest BCUT2D eigenvalue weighted by atomic mass is 10.1. The van der Waals surface area contributed by atoms with Crippen LogP contribution in [0.25, 0.3) is 0 Å². The molecular formula is C10H10N2O2. The molecule has 0 radical (unpaired) electrons. The van der Waals surface area contributed by atoms with Gasteiger partial charge in [0.1, 0.15) is 0 Å². The first-order valence-corrected chi connectivity index (χ1v) is 4.47. The molecule has 14 heavy (non-hydrogen) atoms. The molecule has 1 aliphatic heterocycles. The molecule has 1 aromatic rings. The van der Waals surface area contributed by atoms with Crippen LogP contribution in [0.3, 0.4) is 0 Å². The van der Waals surface area contributed by atoms with Crippen LogP contribution < -0.4 is 4.90 Å². The Morgan fingerprint density at radius 1 is 1.36 bits per heavy atom. The van der Waals surface area contributed by atoms with Crippen LogP contribution in [0.15, 0.2) is 24.5 Å². The minimum atomic E-state index is -0.198. The molecule has 0 aliphatic carbocycles. The summed E-state index contributed by atoms with van der Waals surface area (Å²) < 4.78 is 0. The van der Waals surface area contributed by atoms with Gasteiger partial charge in [0.2, 0.25) is 11.8 Å². The number of hydrogen-bond donors (Lipinski definition) is 0. The maximum Gasteiger partial charge on any atom is 0.237 e. The van der Waals surface area contributed by atoms with E-state index < -0.39 is 0 Å². The van der Waals surface area contributed by atoms with Crippen LogP contribution >= 0.6 is 0 Å². The molecule has 0 N–H and O–H groups in total. The summed E-state index contributed by atoms with van der Waals surface area (Å²) in [5, 5.41) is 0. The molecule has 1 saturated heterocycles. The van der Waals surface area contributed by atoms with Crippen molar-refractivity contribution in [2.24, 2.45) is 5.92 Å². The highest BCUT2D eigenvalue weighted by atomic mass is 16.2. The Labute approximate surface area is 81.6 Å². The summed E-state index contributed by atoms with van der Waals surface area (Å²) in [4.78, 5) is 28.1. The van der Waals surface area contributed by atoms with Gasteiger partial charge in [-0.15, -0.1) is 0 Å². The average Bonchev–Trinajstić information content (AvgIpc) is 2.43. The van der Waals surface area contributed by atoms with Crippen molar-refractivity contribution in [3.8, 4) is 0 Å². The molecule has 2 amide bonds. The molecule has 0 bridgehead atoms. The van der Waals surface area contributed by atoms with Gasteiger partial charge in [0, 0.05) is 24.7 Å². The molecule has 4 nitrogen and oxygen atoms in total. The lowest BCUT2D eigenvalue weighted by Crippen LogP contribution is -2.29. The number of carbonyl (C=O) groups excluding carboxylic acids is 2. The number of amides is 2. The van der Waals surface area contributed by atoms with E-state index in [4.69, 9.17) is 0 Å². The third kappa shape index (κ3) is 1.28. The number of pyridine rings is 1. The van der Waals surface area contributed by atoms with Crippen molar-refractivity contribution >= 4 is 17.5 Å². The highest BCUT2D eigenvalue weighted by Gasteiger charge is 2.36. The Morgan fingerprint density at radius 2 is 2.00 bits per heavy atom. The van der Waals surface area contributed by atoms with Crippen LogP contribution in [0.2, 0.25) is 0 Å². The lowest BCUT2D eigenvalue weighted by molar-refractivity contribution is -0.122. The second-order valence-electron chi connectivity index (χ2n) is 3.38. The molecule has 4 heteroatoms. The first-order chi connectivity index (χ1) is 6.70.